The zero-order chi connectivity index (χ0) is 55.5. The van der Waals surface area contributed by atoms with Crippen molar-refractivity contribution in [1.82, 2.24) is 30.0 Å². The van der Waals surface area contributed by atoms with Crippen molar-refractivity contribution in [2.24, 2.45) is 0 Å². The van der Waals surface area contributed by atoms with Gasteiger partial charge in [0.05, 0.1) is 53.3 Å². The summed E-state index contributed by atoms with van der Waals surface area (Å²) in [5.41, 5.74) is 2.19. The van der Waals surface area contributed by atoms with Crippen molar-refractivity contribution in [1.29, 1.82) is 0 Å². The van der Waals surface area contributed by atoms with Gasteiger partial charge in [0.25, 0.3) is 0 Å². The van der Waals surface area contributed by atoms with Crippen LogP contribution in [0.15, 0.2) is 48.1 Å². The van der Waals surface area contributed by atoms with Crippen molar-refractivity contribution in [3.05, 3.63) is 48.1 Å². The van der Waals surface area contributed by atoms with E-state index in [1.165, 1.54) is 36.5 Å². The maximum atomic E-state index is 12.2. The second-order valence-electron chi connectivity index (χ2n) is 17.1. The summed E-state index contributed by atoms with van der Waals surface area (Å²) < 4.78 is 70.2. The standard InChI is InChI=1S/C48H54N6O20S3/c1-23(55)65-21-34-40(67-25(3)57)42(69-27(5)59)44(71-29(7)61)47(73-34)63-16-14-53-19-32(49-51-53)37-10-9-36(76-37)31-13-18-75-46(31)39-12-11-38(77-39)33-20-54(52-50-33)15-17-64-48-45(72-30(8)62)43(70-28(6)60)41(68-26(4)58)35(74-48)22-66-24(2)56/h9-13,18-20,34-35,40-45,47-48H,14-17,21-22H2,1-8H3/t34-,35-,40-,41-,42+,43+,44+,45+,47+,48+/m1/s1. The van der Waals surface area contributed by atoms with E-state index in [9.17, 15) is 38.4 Å². The number of thiophene rings is 3. The Morgan fingerprint density at radius 1 is 0.481 bits per heavy atom. The van der Waals surface area contributed by atoms with Crippen molar-refractivity contribution in [2.45, 2.75) is 130 Å². The molecule has 7 heterocycles. The van der Waals surface area contributed by atoms with Crippen LogP contribution >= 0.6 is 34.0 Å². The average molecular weight is 1130 g/mol. The highest BCUT2D eigenvalue weighted by Crippen LogP contribution is 2.45. The molecule has 0 radical (unpaired) electrons. The largest absolute Gasteiger partial charge is 0.463 e. The van der Waals surface area contributed by atoms with Gasteiger partial charge in [-0.15, -0.1) is 44.2 Å². The van der Waals surface area contributed by atoms with Crippen LogP contribution in [0.4, 0.5) is 0 Å². The fourth-order valence-corrected chi connectivity index (χ4v) is 11.2. The molecule has 0 saturated carbocycles. The minimum Gasteiger partial charge on any atom is -0.463 e. The second-order valence-corrected chi connectivity index (χ2v) is 20.2. The van der Waals surface area contributed by atoms with Crippen molar-refractivity contribution >= 4 is 81.8 Å². The van der Waals surface area contributed by atoms with Crippen molar-refractivity contribution in [2.75, 3.05) is 26.4 Å². The summed E-state index contributed by atoms with van der Waals surface area (Å²) in [4.78, 5) is 101. The SMILES string of the molecule is CC(=O)OC[C@H]1O[C@H](OCCn2cc(-c3ccc(-c4ccsc4-c4ccc(-c5cn(CCO[C@H]6O[C@H](COC(C)=O)[C@@H](OC(C)=O)[C@H](OC(C)=O)[C@@H]6OC(C)=O)nn5)s4)s3)nn2)[C@@H](OC(C)=O)[C@@H](OC(C)=O)[C@@H]1OC(C)=O. The second kappa shape index (κ2) is 26.4. The number of hydrogen-bond donors (Lipinski definition) is 0. The Balaban J connectivity index is 0.979. The number of carbonyl (C=O) groups excluding carboxylic acids is 8. The van der Waals surface area contributed by atoms with Gasteiger partial charge >= 0.3 is 47.8 Å². The van der Waals surface area contributed by atoms with Crippen LogP contribution in [0, 0.1) is 0 Å². The Labute approximate surface area is 450 Å². The molecule has 2 fully saturated rings. The monoisotopic (exact) mass is 1130 g/mol. The van der Waals surface area contributed by atoms with Crippen molar-refractivity contribution < 1.29 is 95.2 Å². The fourth-order valence-electron chi connectivity index (χ4n) is 8.12. The molecular weight excluding hydrogens is 1080 g/mol. The van der Waals surface area contributed by atoms with E-state index in [0.29, 0.717) is 11.4 Å². The van der Waals surface area contributed by atoms with Gasteiger partial charge in [0, 0.05) is 70.7 Å². The lowest BCUT2D eigenvalue weighted by Crippen LogP contribution is -2.63. The van der Waals surface area contributed by atoms with Gasteiger partial charge in [-0.1, -0.05) is 10.4 Å². The number of rotatable bonds is 22. The van der Waals surface area contributed by atoms with Crippen LogP contribution in [0.1, 0.15) is 55.4 Å². The third-order valence-electron chi connectivity index (χ3n) is 11.1. The Hall–Kier alpha value is -7.02. The van der Waals surface area contributed by atoms with Gasteiger partial charge < -0.3 is 56.8 Å². The summed E-state index contributed by atoms with van der Waals surface area (Å²) in [7, 11) is 0. The van der Waals surface area contributed by atoms with Crippen LogP contribution in [0.3, 0.4) is 0 Å². The molecule has 0 N–H and O–H groups in total. The van der Waals surface area contributed by atoms with Crippen molar-refractivity contribution in [3.8, 4) is 41.3 Å². The molecule has 10 atom stereocenters. The van der Waals surface area contributed by atoms with Crippen molar-refractivity contribution in [3.63, 3.8) is 0 Å². The van der Waals surface area contributed by atoms with Crippen LogP contribution in [0.2, 0.25) is 0 Å². The van der Waals surface area contributed by atoms with E-state index in [4.69, 9.17) is 56.8 Å². The summed E-state index contributed by atoms with van der Waals surface area (Å²) in [5, 5.41) is 19.3. The van der Waals surface area contributed by atoms with Gasteiger partial charge in [0.2, 0.25) is 0 Å². The molecule has 0 amide bonds. The molecule has 0 aliphatic carbocycles. The molecule has 0 aromatic carbocycles. The van der Waals surface area contributed by atoms with E-state index in [-0.39, 0.29) is 26.3 Å². The number of nitrogens with zero attached hydrogens (tertiary/aromatic N) is 6. The van der Waals surface area contributed by atoms with Crippen LogP contribution < -0.4 is 0 Å². The van der Waals surface area contributed by atoms with Gasteiger partial charge in [-0.2, -0.15) is 0 Å². The van der Waals surface area contributed by atoms with Crippen LogP contribution in [0.5, 0.6) is 0 Å². The van der Waals surface area contributed by atoms with Crippen LogP contribution in [-0.2, 0) is 108 Å². The molecule has 2 aliphatic heterocycles. The summed E-state index contributed by atoms with van der Waals surface area (Å²) >= 11 is 4.62. The molecule has 77 heavy (non-hydrogen) atoms. The summed E-state index contributed by atoms with van der Waals surface area (Å²) in [6.07, 6.45) is -9.64. The topological polar surface area (TPSA) is 309 Å². The third-order valence-corrected chi connectivity index (χ3v) is 14.4. The zero-order valence-corrected chi connectivity index (χ0v) is 45.2. The fraction of sp³-hybridized carbons (Fsp3) is 0.500. The minimum absolute atomic E-state index is 0.0582. The quantitative estimate of drug-likeness (QED) is 0.0700. The number of aromatic nitrogens is 6. The summed E-state index contributed by atoms with van der Waals surface area (Å²) in [6.45, 7) is 8.59. The van der Waals surface area contributed by atoms with Crippen LogP contribution in [-0.4, -0.2) is 166 Å². The Bertz CT molecular complexity index is 2720. The Kier molecular flexibility index (Phi) is 19.7. The first-order valence-electron chi connectivity index (χ1n) is 23.7. The smallest absolute Gasteiger partial charge is 0.303 e. The van der Waals surface area contributed by atoms with Gasteiger partial charge in [0.15, 0.2) is 49.2 Å². The predicted octanol–water partition coefficient (Wildman–Crippen LogP) is 3.92. The highest BCUT2D eigenvalue weighted by atomic mass is 32.1. The molecule has 5 aromatic rings. The molecule has 5 aromatic heterocycles. The molecule has 0 spiro atoms. The van der Waals surface area contributed by atoms with E-state index in [1.807, 2.05) is 35.7 Å². The summed E-state index contributed by atoms with van der Waals surface area (Å²) in [6, 6.07) is 9.94. The number of ether oxygens (including phenoxy) is 12. The molecule has 26 nitrogen and oxygen atoms in total. The maximum Gasteiger partial charge on any atom is 0.303 e. The molecule has 29 heteroatoms. The zero-order valence-electron chi connectivity index (χ0n) is 42.7. The van der Waals surface area contributed by atoms with Gasteiger partial charge in [-0.3, -0.25) is 38.4 Å². The lowest BCUT2D eigenvalue weighted by atomic mass is 9.98. The van der Waals surface area contributed by atoms with Gasteiger partial charge in [-0.25, -0.2) is 9.36 Å². The lowest BCUT2D eigenvalue weighted by molar-refractivity contribution is -0.308. The number of carbonyl (C=O) groups is 8. The first kappa shape index (κ1) is 57.7. The lowest BCUT2D eigenvalue weighted by Gasteiger charge is -2.44. The first-order valence-corrected chi connectivity index (χ1v) is 26.2. The highest BCUT2D eigenvalue weighted by molar-refractivity contribution is 7.24. The molecule has 7 rings (SSSR count). The van der Waals surface area contributed by atoms with E-state index < -0.39 is 122 Å². The highest BCUT2D eigenvalue weighted by Gasteiger charge is 2.54. The number of esters is 8. The van der Waals surface area contributed by atoms with E-state index >= 15 is 0 Å². The molecule has 0 unspecified atom stereocenters. The van der Waals surface area contributed by atoms with E-state index in [0.717, 1.165) is 71.5 Å². The molecule has 0 bridgehead atoms. The molecule has 2 aliphatic rings. The molecule has 414 valence electrons. The Morgan fingerprint density at radius 2 is 0.857 bits per heavy atom. The van der Waals surface area contributed by atoms with E-state index in [2.05, 4.69) is 20.6 Å². The minimum atomic E-state index is -1.37. The van der Waals surface area contributed by atoms with E-state index in [1.54, 1.807) is 33.1 Å². The molecule has 2 saturated heterocycles. The molecular formula is C48H54N6O20S3. The maximum absolute atomic E-state index is 12.2. The average Bonchev–Trinajstić information content (AvgIpc) is 4.22. The number of hydrogen-bond acceptors (Lipinski definition) is 27. The van der Waals surface area contributed by atoms with Crippen LogP contribution in [0.25, 0.3) is 41.3 Å². The van der Waals surface area contributed by atoms with Gasteiger partial charge in [-0.05, 0) is 35.7 Å². The predicted molar refractivity (Wildman–Crippen MR) is 265 cm³/mol. The normalized spacial score (nSPS) is 23.0. The van der Waals surface area contributed by atoms with Gasteiger partial charge in [0.1, 0.15) is 36.8 Å². The third kappa shape index (κ3) is 15.6. The summed E-state index contributed by atoms with van der Waals surface area (Å²) in [5.74, 6) is -5.81. The first-order chi connectivity index (χ1) is 36.7. The Morgan fingerprint density at radius 3 is 1.27 bits per heavy atom.